The molecular formula is C21H27N5O. The summed E-state index contributed by atoms with van der Waals surface area (Å²) < 4.78 is 5.87. The average molecular weight is 365 g/mol. The Bertz CT molecular complexity index is 1010. The number of likely N-dealkylation sites (tertiary alicyclic amines) is 1. The van der Waals surface area contributed by atoms with Crippen LogP contribution in [0.4, 0.5) is 0 Å². The van der Waals surface area contributed by atoms with Gasteiger partial charge in [0.15, 0.2) is 0 Å². The lowest BCUT2D eigenvalue weighted by Gasteiger charge is -2.16. The van der Waals surface area contributed by atoms with Gasteiger partial charge in [-0.2, -0.15) is 5.10 Å². The molecule has 3 heterocycles. The smallest absolute Gasteiger partial charge is 0.276 e. The zero-order valence-corrected chi connectivity index (χ0v) is 16.5. The summed E-state index contributed by atoms with van der Waals surface area (Å²) in [6.45, 7) is 8.79. The van der Waals surface area contributed by atoms with Gasteiger partial charge in [-0.05, 0) is 45.4 Å². The van der Waals surface area contributed by atoms with Gasteiger partial charge in [0.1, 0.15) is 0 Å². The summed E-state index contributed by atoms with van der Waals surface area (Å²) in [5, 5.41) is 4.65. The fraction of sp³-hybridized carbons (Fsp3) is 0.429. The molecule has 142 valence electrons. The van der Waals surface area contributed by atoms with Gasteiger partial charge in [-0.15, -0.1) is 0 Å². The first kappa shape index (κ1) is 17.8. The summed E-state index contributed by atoms with van der Waals surface area (Å²) in [6, 6.07) is 12.3. The van der Waals surface area contributed by atoms with E-state index in [9.17, 15) is 4.79 Å². The minimum Gasteiger partial charge on any atom is -0.297 e. The van der Waals surface area contributed by atoms with Crippen molar-refractivity contribution in [1.29, 1.82) is 0 Å². The van der Waals surface area contributed by atoms with Gasteiger partial charge in [0, 0.05) is 38.1 Å². The van der Waals surface area contributed by atoms with Crippen molar-refractivity contribution in [3.8, 4) is 5.69 Å². The van der Waals surface area contributed by atoms with Crippen molar-refractivity contribution in [1.82, 2.24) is 24.0 Å². The summed E-state index contributed by atoms with van der Waals surface area (Å²) in [5.74, 6) is 0. The number of hydrogen-bond donors (Lipinski definition) is 0. The van der Waals surface area contributed by atoms with Crippen LogP contribution >= 0.6 is 0 Å². The Labute approximate surface area is 159 Å². The number of rotatable bonds is 4. The molecule has 1 fully saturated rings. The highest BCUT2D eigenvalue weighted by Crippen LogP contribution is 2.24. The van der Waals surface area contributed by atoms with Crippen LogP contribution in [0.15, 0.2) is 41.2 Å². The van der Waals surface area contributed by atoms with Crippen LogP contribution < -0.4 is 5.56 Å². The molecule has 6 heteroatoms. The van der Waals surface area contributed by atoms with E-state index in [1.165, 1.54) is 5.69 Å². The number of nitrogens with zero attached hydrogens (tertiary/aromatic N) is 5. The molecule has 0 bridgehead atoms. The van der Waals surface area contributed by atoms with Crippen LogP contribution in [0.2, 0.25) is 0 Å². The molecule has 1 aliphatic heterocycles. The quantitative estimate of drug-likeness (QED) is 0.714. The second-order valence-corrected chi connectivity index (χ2v) is 7.59. The van der Waals surface area contributed by atoms with Crippen molar-refractivity contribution in [2.24, 2.45) is 7.05 Å². The van der Waals surface area contributed by atoms with Crippen LogP contribution in [0.25, 0.3) is 5.69 Å². The maximum absolute atomic E-state index is 13.1. The topological polar surface area (TPSA) is 48.0 Å². The highest BCUT2D eigenvalue weighted by Gasteiger charge is 2.27. The van der Waals surface area contributed by atoms with Gasteiger partial charge in [0.05, 0.1) is 23.0 Å². The monoisotopic (exact) mass is 365 g/mol. The zero-order valence-electron chi connectivity index (χ0n) is 16.5. The van der Waals surface area contributed by atoms with Gasteiger partial charge in [0.25, 0.3) is 5.56 Å². The minimum atomic E-state index is 0.0794. The van der Waals surface area contributed by atoms with E-state index in [0.29, 0.717) is 12.6 Å². The maximum Gasteiger partial charge on any atom is 0.276 e. The predicted molar refractivity (Wildman–Crippen MR) is 106 cm³/mol. The highest BCUT2D eigenvalue weighted by molar-refractivity contribution is 5.33. The fourth-order valence-electron chi connectivity index (χ4n) is 4.20. The van der Waals surface area contributed by atoms with E-state index in [4.69, 9.17) is 0 Å². The van der Waals surface area contributed by atoms with Gasteiger partial charge in [-0.3, -0.25) is 19.1 Å². The average Bonchev–Trinajstić information content (AvgIpc) is 3.30. The third-order valence-corrected chi connectivity index (χ3v) is 5.69. The maximum atomic E-state index is 13.1. The molecule has 27 heavy (non-hydrogen) atoms. The minimum absolute atomic E-state index is 0.0794. The Morgan fingerprint density at radius 1 is 1.15 bits per heavy atom. The van der Waals surface area contributed by atoms with Crippen LogP contribution in [0, 0.1) is 20.8 Å². The number of aromatic nitrogens is 4. The molecule has 6 nitrogen and oxygen atoms in total. The standard InChI is InChI=1S/C21H27N5O/c1-15-12-16(2)25(22-15)19-10-11-24(13-19)14-20-17(3)23(4)26(21(20)27)18-8-6-5-7-9-18/h5-9,12,19H,10-11,13-14H2,1-4H3/t19-/m1/s1. The molecule has 0 spiro atoms. The van der Waals surface area contributed by atoms with Crippen LogP contribution in [-0.2, 0) is 13.6 Å². The normalized spacial score (nSPS) is 17.7. The molecule has 0 unspecified atom stereocenters. The van der Waals surface area contributed by atoms with E-state index in [1.54, 1.807) is 4.68 Å². The Morgan fingerprint density at radius 2 is 1.89 bits per heavy atom. The summed E-state index contributed by atoms with van der Waals surface area (Å²) in [6.07, 6.45) is 1.07. The van der Waals surface area contributed by atoms with Crippen molar-refractivity contribution in [2.45, 2.75) is 39.8 Å². The molecule has 1 saturated heterocycles. The van der Waals surface area contributed by atoms with E-state index in [0.717, 1.165) is 42.1 Å². The molecule has 4 rings (SSSR count). The predicted octanol–water partition coefficient (Wildman–Crippen LogP) is 2.74. The van der Waals surface area contributed by atoms with E-state index >= 15 is 0 Å². The van der Waals surface area contributed by atoms with Crippen molar-refractivity contribution >= 4 is 0 Å². The second-order valence-electron chi connectivity index (χ2n) is 7.59. The molecule has 0 radical (unpaired) electrons. The number of hydrogen-bond acceptors (Lipinski definition) is 3. The number of benzene rings is 1. The molecule has 2 aromatic heterocycles. The fourth-order valence-corrected chi connectivity index (χ4v) is 4.20. The number of aryl methyl sites for hydroxylation is 2. The zero-order chi connectivity index (χ0) is 19.1. The first-order valence-corrected chi connectivity index (χ1v) is 9.53. The Morgan fingerprint density at radius 3 is 2.56 bits per heavy atom. The summed E-state index contributed by atoms with van der Waals surface area (Å²) in [5.41, 5.74) is 5.17. The molecule has 0 saturated carbocycles. The molecule has 1 atom stereocenters. The SMILES string of the molecule is Cc1cc(C)n([C@@H]2CCN(Cc3c(C)n(C)n(-c4ccccc4)c3=O)C2)n1. The molecular weight excluding hydrogens is 338 g/mol. The lowest BCUT2D eigenvalue weighted by molar-refractivity contribution is 0.309. The van der Waals surface area contributed by atoms with E-state index in [-0.39, 0.29) is 5.56 Å². The molecule has 0 aliphatic carbocycles. The third-order valence-electron chi connectivity index (χ3n) is 5.69. The molecule has 1 aliphatic rings. The molecule has 0 amide bonds. The van der Waals surface area contributed by atoms with Crippen molar-refractivity contribution in [2.75, 3.05) is 13.1 Å². The summed E-state index contributed by atoms with van der Waals surface area (Å²) in [7, 11) is 1.95. The van der Waals surface area contributed by atoms with Gasteiger partial charge >= 0.3 is 0 Å². The lowest BCUT2D eigenvalue weighted by atomic mass is 10.2. The summed E-state index contributed by atoms with van der Waals surface area (Å²) >= 11 is 0. The number of para-hydroxylation sites is 1. The van der Waals surface area contributed by atoms with Gasteiger partial charge in [0.2, 0.25) is 0 Å². The Kier molecular flexibility index (Phi) is 4.52. The van der Waals surface area contributed by atoms with Crippen LogP contribution in [0.3, 0.4) is 0 Å². The van der Waals surface area contributed by atoms with E-state index in [2.05, 4.69) is 27.7 Å². The Hall–Kier alpha value is -2.60. The largest absolute Gasteiger partial charge is 0.297 e. The van der Waals surface area contributed by atoms with Gasteiger partial charge in [-0.1, -0.05) is 18.2 Å². The Balaban J connectivity index is 1.57. The van der Waals surface area contributed by atoms with E-state index in [1.807, 2.05) is 55.9 Å². The first-order chi connectivity index (χ1) is 13.0. The lowest BCUT2D eigenvalue weighted by Crippen LogP contribution is -2.26. The second kappa shape index (κ2) is 6.85. The van der Waals surface area contributed by atoms with E-state index < -0.39 is 0 Å². The highest BCUT2D eigenvalue weighted by atomic mass is 16.1. The van der Waals surface area contributed by atoms with Crippen molar-refractivity contribution < 1.29 is 0 Å². The van der Waals surface area contributed by atoms with Crippen molar-refractivity contribution in [3.63, 3.8) is 0 Å². The van der Waals surface area contributed by atoms with Crippen LogP contribution in [0.1, 0.15) is 35.1 Å². The molecule has 0 N–H and O–H groups in total. The summed E-state index contributed by atoms with van der Waals surface area (Å²) in [4.78, 5) is 15.5. The third kappa shape index (κ3) is 3.14. The van der Waals surface area contributed by atoms with Crippen molar-refractivity contribution in [3.05, 3.63) is 69.4 Å². The first-order valence-electron chi connectivity index (χ1n) is 9.53. The molecule has 1 aromatic carbocycles. The van der Waals surface area contributed by atoms with Crippen LogP contribution in [-0.4, -0.2) is 37.1 Å². The van der Waals surface area contributed by atoms with Gasteiger partial charge < -0.3 is 0 Å². The molecule has 3 aromatic rings. The van der Waals surface area contributed by atoms with Gasteiger partial charge in [-0.25, -0.2) is 4.68 Å². The van der Waals surface area contributed by atoms with Crippen LogP contribution in [0.5, 0.6) is 0 Å².